The van der Waals surface area contributed by atoms with Gasteiger partial charge in [0.2, 0.25) is 0 Å². The topological polar surface area (TPSA) is 9.23 Å². The van der Waals surface area contributed by atoms with Gasteiger partial charge in [0.05, 0.1) is 5.76 Å². The number of rotatable bonds is 7. The fraction of sp³-hybridized carbons (Fsp3) is 0.974. The van der Waals surface area contributed by atoms with Gasteiger partial charge in [-0.3, -0.25) is 0 Å². The molecule has 79 heavy (non-hydrogen) atoms. The third-order valence-corrected chi connectivity index (χ3v) is 22.1. The Morgan fingerprint density at radius 1 is 0.165 bits per heavy atom. The average Bonchev–Trinajstić information content (AvgIpc) is 3.53. The molecule has 0 spiro atoms. The number of allylic oxidation sites excluding steroid dienone is 2. The molecule has 5 rings (SSSR count). The highest BCUT2D eigenvalue weighted by Crippen LogP contribution is 2.46. The van der Waals surface area contributed by atoms with Crippen LogP contribution in [0, 0.1) is 29.6 Å². The van der Waals surface area contributed by atoms with Crippen molar-refractivity contribution in [2.75, 3.05) is 0 Å². The molecule has 0 aromatic carbocycles. The molecule has 5 aliphatic carbocycles. The molecular formula is C78H146O. The summed E-state index contributed by atoms with van der Waals surface area (Å²) in [5, 5.41) is 0. The van der Waals surface area contributed by atoms with Crippen molar-refractivity contribution < 1.29 is 4.74 Å². The van der Waals surface area contributed by atoms with E-state index < -0.39 is 0 Å². The number of ether oxygens (including phenoxy) is 1. The molecule has 0 aromatic rings. The molecule has 0 unspecified atom stereocenters. The van der Waals surface area contributed by atoms with E-state index >= 15 is 0 Å². The second kappa shape index (κ2) is 50.8. The van der Waals surface area contributed by atoms with Crippen molar-refractivity contribution >= 4 is 0 Å². The van der Waals surface area contributed by atoms with Crippen molar-refractivity contribution in [1.82, 2.24) is 0 Å². The summed E-state index contributed by atoms with van der Waals surface area (Å²) in [5.41, 5.74) is 2.04. The zero-order valence-corrected chi connectivity index (χ0v) is 54.4. The maximum absolute atomic E-state index is 9.04. The minimum absolute atomic E-state index is 0.428. The Morgan fingerprint density at radius 3 is 0.481 bits per heavy atom. The van der Waals surface area contributed by atoms with E-state index in [0.29, 0.717) is 12.0 Å². The van der Waals surface area contributed by atoms with Gasteiger partial charge in [-0.25, -0.2) is 0 Å². The van der Waals surface area contributed by atoms with Crippen LogP contribution in [0.15, 0.2) is 11.3 Å². The van der Waals surface area contributed by atoms with Gasteiger partial charge < -0.3 is 4.74 Å². The van der Waals surface area contributed by atoms with E-state index in [9.17, 15) is 0 Å². The van der Waals surface area contributed by atoms with Crippen LogP contribution in [0.3, 0.4) is 0 Å². The second-order valence-electron chi connectivity index (χ2n) is 29.1. The second-order valence-corrected chi connectivity index (χ2v) is 29.1. The van der Waals surface area contributed by atoms with Crippen molar-refractivity contribution in [3.05, 3.63) is 11.3 Å². The van der Waals surface area contributed by atoms with Crippen molar-refractivity contribution in [3.63, 3.8) is 0 Å². The smallest absolute Gasteiger partial charge is 0.104 e. The lowest BCUT2D eigenvalue weighted by Crippen LogP contribution is -2.35. The van der Waals surface area contributed by atoms with Crippen LogP contribution in [0.4, 0.5) is 0 Å². The van der Waals surface area contributed by atoms with Crippen LogP contribution in [0.25, 0.3) is 0 Å². The van der Waals surface area contributed by atoms with Crippen LogP contribution < -0.4 is 0 Å². The first-order valence-electron chi connectivity index (χ1n) is 38.8. The van der Waals surface area contributed by atoms with Gasteiger partial charge in [-0.1, -0.05) is 385 Å². The van der Waals surface area contributed by atoms with Crippen LogP contribution in [0.2, 0.25) is 0 Å². The molecule has 0 radical (unpaired) electrons. The molecule has 0 heterocycles. The Bertz CT molecular complexity index is 1170. The van der Waals surface area contributed by atoms with Gasteiger partial charge in [0, 0.05) is 5.92 Å². The molecule has 1 nitrogen and oxygen atoms in total. The lowest BCUT2D eigenvalue weighted by molar-refractivity contribution is -0.0175. The van der Waals surface area contributed by atoms with Gasteiger partial charge >= 0.3 is 0 Å². The molecule has 0 aromatic heterocycles. The summed E-state index contributed by atoms with van der Waals surface area (Å²) in [6, 6.07) is 0. The van der Waals surface area contributed by atoms with Crippen LogP contribution in [-0.4, -0.2) is 6.10 Å². The highest BCUT2D eigenvalue weighted by Gasteiger charge is 2.37. The van der Waals surface area contributed by atoms with Crippen molar-refractivity contribution in [1.29, 1.82) is 0 Å². The maximum Gasteiger partial charge on any atom is 0.104 e. The molecule has 0 saturated heterocycles. The molecule has 464 valence electrons. The summed E-state index contributed by atoms with van der Waals surface area (Å²) < 4.78 is 9.04. The molecular weight excluding hydrogens is 953 g/mol. The Balaban J connectivity index is 1.70. The molecule has 0 atom stereocenters. The Kier molecular flexibility index (Phi) is 44.6. The third kappa shape index (κ3) is 34.9. The molecule has 5 saturated carbocycles. The summed E-state index contributed by atoms with van der Waals surface area (Å²) in [4.78, 5) is 0. The Morgan fingerprint density at radius 2 is 0.304 bits per heavy atom. The first-order chi connectivity index (χ1) is 39.4. The van der Waals surface area contributed by atoms with Crippen molar-refractivity contribution in [2.45, 2.75) is 456 Å². The SMILES string of the molecule is C1CCCCCCCC(C(OC(C2CCCCCCCCCCCCCC2)C2CCCCCCCCCCCCCC2)=C(C2CCCCCCCCCCCCCC2)C2CCCCCCCCCCCCCC2)CCCCCC1. The summed E-state index contributed by atoms with van der Waals surface area (Å²) in [6.45, 7) is 0. The zero-order chi connectivity index (χ0) is 54.8. The molecule has 0 aliphatic heterocycles. The molecule has 5 fully saturated rings. The third-order valence-electron chi connectivity index (χ3n) is 22.1. The standard InChI is InChI=1S/C78H146O/c1-2-12-22-32-42-52-62-71(61-51-41-31-21-11-1)76(72-63-53-43-33-23-13-3-4-14-24-34-44-54-64-72)78(75-69-59-49-39-29-19-9-10-20-30-40-50-60-70-75)79-77(73-65-55-45-35-25-15-5-6-16-26-36-46-56-66-73)74-67-57-47-37-27-17-7-8-18-28-38-48-58-68-74/h71-75,77H,1-70H2. The van der Waals surface area contributed by atoms with Crippen LogP contribution in [0.1, 0.15) is 449 Å². The van der Waals surface area contributed by atoms with Gasteiger partial charge in [0.15, 0.2) is 0 Å². The molecule has 0 amide bonds. The number of hydrogen-bond donors (Lipinski definition) is 0. The minimum atomic E-state index is 0.428. The van der Waals surface area contributed by atoms with Crippen LogP contribution in [-0.2, 0) is 4.74 Å². The first-order valence-corrected chi connectivity index (χ1v) is 38.8. The van der Waals surface area contributed by atoms with Crippen LogP contribution >= 0.6 is 0 Å². The molecule has 1 heteroatoms. The normalized spacial score (nSPS) is 25.6. The summed E-state index contributed by atoms with van der Waals surface area (Å²) in [7, 11) is 0. The fourth-order valence-corrected chi connectivity index (χ4v) is 16.9. The fourth-order valence-electron chi connectivity index (χ4n) is 16.9. The highest BCUT2D eigenvalue weighted by molar-refractivity contribution is 5.20. The largest absolute Gasteiger partial charge is 0.494 e. The van der Waals surface area contributed by atoms with E-state index in [4.69, 9.17) is 4.74 Å². The van der Waals surface area contributed by atoms with E-state index in [2.05, 4.69) is 0 Å². The minimum Gasteiger partial charge on any atom is -0.494 e. The van der Waals surface area contributed by atoms with Crippen LogP contribution in [0.5, 0.6) is 0 Å². The Hall–Kier alpha value is -0.460. The average molecular weight is 1100 g/mol. The zero-order valence-electron chi connectivity index (χ0n) is 54.4. The Labute approximate surface area is 498 Å². The quantitative estimate of drug-likeness (QED) is 0.231. The molecule has 0 N–H and O–H groups in total. The van der Waals surface area contributed by atoms with Gasteiger partial charge in [-0.2, -0.15) is 0 Å². The van der Waals surface area contributed by atoms with Crippen molar-refractivity contribution in [3.8, 4) is 0 Å². The summed E-state index contributed by atoms with van der Waals surface area (Å²) in [6.07, 6.45) is 103. The van der Waals surface area contributed by atoms with E-state index in [1.165, 1.54) is 449 Å². The van der Waals surface area contributed by atoms with E-state index in [0.717, 1.165) is 23.7 Å². The lowest BCUT2D eigenvalue weighted by atomic mass is 9.73. The summed E-state index contributed by atoms with van der Waals surface area (Å²) >= 11 is 0. The monoisotopic (exact) mass is 1100 g/mol. The predicted molar refractivity (Wildman–Crippen MR) is 353 cm³/mol. The first kappa shape index (κ1) is 69.3. The van der Waals surface area contributed by atoms with E-state index in [1.54, 1.807) is 5.76 Å². The van der Waals surface area contributed by atoms with Gasteiger partial charge in [0.1, 0.15) is 6.10 Å². The predicted octanol–water partition coefficient (Wildman–Crippen LogP) is 28.1. The summed E-state index contributed by atoms with van der Waals surface area (Å²) in [5.74, 6) is 5.34. The lowest BCUT2D eigenvalue weighted by Gasteiger charge is -2.41. The van der Waals surface area contributed by atoms with E-state index in [1.807, 2.05) is 5.57 Å². The molecule has 0 bridgehead atoms. The van der Waals surface area contributed by atoms with E-state index in [-0.39, 0.29) is 0 Å². The van der Waals surface area contributed by atoms with Crippen molar-refractivity contribution in [2.24, 2.45) is 29.6 Å². The highest BCUT2D eigenvalue weighted by atomic mass is 16.5. The molecule has 5 aliphatic rings. The van der Waals surface area contributed by atoms with Gasteiger partial charge in [-0.05, 0) is 93.5 Å². The maximum atomic E-state index is 9.04. The number of hydrogen-bond acceptors (Lipinski definition) is 1. The van der Waals surface area contributed by atoms with Gasteiger partial charge in [-0.15, -0.1) is 0 Å². The van der Waals surface area contributed by atoms with Gasteiger partial charge in [0.25, 0.3) is 0 Å².